The number of rotatable bonds is 6. The van der Waals surface area contributed by atoms with E-state index in [0.29, 0.717) is 47.0 Å². The monoisotopic (exact) mass is 365 g/mol. The molecule has 3 aromatic rings. The Morgan fingerprint density at radius 1 is 0.962 bits per heavy atom. The van der Waals surface area contributed by atoms with Crippen LogP contribution in [0.1, 0.15) is 25.7 Å². The Kier molecular flexibility index (Phi) is 5.06. The Morgan fingerprint density at radius 2 is 1.65 bits per heavy atom. The van der Waals surface area contributed by atoms with Crippen molar-refractivity contribution in [3.05, 3.63) is 46.6 Å². The summed E-state index contributed by atoms with van der Waals surface area (Å²) in [5.41, 5.74) is 0.946. The van der Waals surface area contributed by atoms with Crippen molar-refractivity contribution >= 4 is 21.8 Å². The van der Waals surface area contributed by atoms with E-state index in [9.17, 15) is 23.1 Å². The summed E-state index contributed by atoms with van der Waals surface area (Å²) in [6.45, 7) is 0.308. The van der Waals surface area contributed by atoms with E-state index in [0.717, 1.165) is 0 Å². The number of hydrogen-bond acceptors (Lipinski definition) is 3. The average Bonchev–Trinajstić information content (AvgIpc) is 2.56. The van der Waals surface area contributed by atoms with Crippen LogP contribution in [-0.4, -0.2) is 22.9 Å². The van der Waals surface area contributed by atoms with Crippen LogP contribution in [0.4, 0.5) is 13.2 Å². The fourth-order valence-corrected chi connectivity index (χ4v) is 2.83. The van der Waals surface area contributed by atoms with Crippen LogP contribution in [-0.2, 0) is 0 Å². The molecule has 2 aromatic carbocycles. The highest BCUT2D eigenvalue weighted by Crippen LogP contribution is 2.24. The molecule has 0 bridgehead atoms. The topological polar surface area (TPSA) is 62.3 Å². The normalized spacial score (nSPS) is 12.0. The number of phenols is 1. The number of H-pyrrole nitrogens is 1. The number of halogens is 3. The van der Waals surface area contributed by atoms with Crippen molar-refractivity contribution in [2.24, 2.45) is 0 Å². The molecule has 138 valence electrons. The molecule has 0 saturated heterocycles. The molecule has 0 radical (unpaired) electrons. The molecule has 26 heavy (non-hydrogen) atoms. The third kappa shape index (κ3) is 4.28. The Morgan fingerprint density at radius 3 is 2.38 bits per heavy atom. The van der Waals surface area contributed by atoms with E-state index in [2.05, 4.69) is 4.98 Å². The molecule has 0 aliphatic rings. The number of aromatic hydroxyl groups is 1. The molecule has 0 atom stereocenters. The van der Waals surface area contributed by atoms with Crippen LogP contribution in [0.15, 0.2) is 41.2 Å². The lowest BCUT2D eigenvalue weighted by atomic mass is 10.1. The van der Waals surface area contributed by atoms with E-state index >= 15 is 0 Å². The summed E-state index contributed by atoms with van der Waals surface area (Å²) in [7, 11) is 0. The molecule has 7 heteroatoms. The molecule has 0 amide bonds. The molecular formula is C19H18F3NO3. The number of phenolic OH excluding ortho intramolecular Hbond substituents is 1. The minimum Gasteiger partial charge on any atom is -0.508 e. The zero-order chi connectivity index (χ0) is 18.7. The second-order valence-corrected chi connectivity index (χ2v) is 6.17. The highest BCUT2D eigenvalue weighted by Gasteiger charge is 2.25. The molecule has 0 unspecified atom stereocenters. The first-order chi connectivity index (χ1) is 12.3. The number of hydrogen-bond donors (Lipinski definition) is 2. The lowest BCUT2D eigenvalue weighted by molar-refractivity contribution is -0.135. The van der Waals surface area contributed by atoms with Gasteiger partial charge in [0.15, 0.2) is 5.43 Å². The molecule has 3 rings (SSSR count). The molecule has 0 aliphatic heterocycles. The predicted molar refractivity (Wildman–Crippen MR) is 93.8 cm³/mol. The second-order valence-electron chi connectivity index (χ2n) is 6.17. The Bertz CT molecular complexity index is 979. The maximum atomic E-state index is 12.5. The van der Waals surface area contributed by atoms with Gasteiger partial charge in [0.1, 0.15) is 11.5 Å². The SMILES string of the molecule is O=c1c2ccc(O)cc2[nH]c2cc(OCCCCCC(F)(F)F)ccc12. The first kappa shape index (κ1) is 18.1. The quantitative estimate of drug-likeness (QED) is 0.483. The molecule has 0 saturated carbocycles. The Balaban J connectivity index is 1.69. The first-order valence-corrected chi connectivity index (χ1v) is 8.32. The van der Waals surface area contributed by atoms with Crippen molar-refractivity contribution in [2.75, 3.05) is 6.61 Å². The summed E-state index contributed by atoms with van der Waals surface area (Å²) < 4.78 is 41.8. The van der Waals surface area contributed by atoms with Crippen LogP contribution < -0.4 is 10.2 Å². The van der Waals surface area contributed by atoms with Gasteiger partial charge in [-0.2, -0.15) is 13.2 Å². The minimum atomic E-state index is -4.11. The molecule has 1 aromatic heterocycles. The van der Waals surface area contributed by atoms with E-state index in [4.69, 9.17) is 4.74 Å². The number of pyridine rings is 1. The zero-order valence-electron chi connectivity index (χ0n) is 13.9. The van der Waals surface area contributed by atoms with Gasteiger partial charge in [0, 0.05) is 29.3 Å². The highest BCUT2D eigenvalue weighted by molar-refractivity contribution is 5.93. The van der Waals surface area contributed by atoms with Crippen LogP contribution in [0.25, 0.3) is 21.8 Å². The summed E-state index contributed by atoms with van der Waals surface area (Å²) in [4.78, 5) is 15.6. The van der Waals surface area contributed by atoms with Crippen molar-refractivity contribution < 1.29 is 23.0 Å². The number of fused-ring (bicyclic) bond motifs is 2. The molecule has 4 nitrogen and oxygen atoms in total. The van der Waals surface area contributed by atoms with Crippen LogP contribution in [0.5, 0.6) is 11.5 Å². The minimum absolute atomic E-state index is 0.0544. The molecule has 0 aliphatic carbocycles. The standard InChI is InChI=1S/C19H18F3NO3/c20-19(21,22)8-2-1-3-9-26-13-5-7-15-17(11-13)23-16-10-12(24)4-6-14(16)18(15)25/h4-7,10-11,24H,1-3,8-9H2,(H,23,25). The molecule has 1 heterocycles. The fraction of sp³-hybridized carbons (Fsp3) is 0.316. The summed E-state index contributed by atoms with van der Waals surface area (Å²) in [6.07, 6.45) is -3.83. The third-order valence-electron chi connectivity index (χ3n) is 4.13. The van der Waals surface area contributed by atoms with Crippen molar-refractivity contribution in [1.29, 1.82) is 0 Å². The summed E-state index contributed by atoms with van der Waals surface area (Å²) in [5, 5.41) is 10.5. The second kappa shape index (κ2) is 7.27. The van der Waals surface area contributed by atoms with Crippen LogP contribution >= 0.6 is 0 Å². The molecular weight excluding hydrogens is 347 g/mol. The van der Waals surface area contributed by atoms with Gasteiger partial charge in [0.2, 0.25) is 0 Å². The van der Waals surface area contributed by atoms with E-state index in [-0.39, 0.29) is 17.6 Å². The highest BCUT2D eigenvalue weighted by atomic mass is 19.4. The van der Waals surface area contributed by atoms with Crippen molar-refractivity contribution in [3.8, 4) is 11.5 Å². The van der Waals surface area contributed by atoms with Gasteiger partial charge in [0.25, 0.3) is 0 Å². The van der Waals surface area contributed by atoms with Crippen LogP contribution in [0, 0.1) is 0 Å². The lowest BCUT2D eigenvalue weighted by Crippen LogP contribution is -2.07. The van der Waals surface area contributed by atoms with E-state index in [1.807, 2.05) is 0 Å². The molecule has 2 N–H and O–H groups in total. The summed E-state index contributed by atoms with van der Waals surface area (Å²) in [5.74, 6) is 0.585. The van der Waals surface area contributed by atoms with Gasteiger partial charge >= 0.3 is 6.18 Å². The van der Waals surface area contributed by atoms with Gasteiger partial charge in [-0.05, 0) is 43.5 Å². The largest absolute Gasteiger partial charge is 0.508 e. The van der Waals surface area contributed by atoms with Crippen molar-refractivity contribution in [3.63, 3.8) is 0 Å². The number of benzene rings is 2. The molecule has 0 fully saturated rings. The van der Waals surface area contributed by atoms with Gasteiger partial charge in [-0.3, -0.25) is 4.79 Å². The number of alkyl halides is 3. The summed E-state index contributed by atoms with van der Waals surface area (Å²) >= 11 is 0. The maximum absolute atomic E-state index is 12.5. The van der Waals surface area contributed by atoms with Gasteiger partial charge in [-0.1, -0.05) is 0 Å². The first-order valence-electron chi connectivity index (χ1n) is 8.32. The van der Waals surface area contributed by atoms with E-state index < -0.39 is 12.6 Å². The zero-order valence-corrected chi connectivity index (χ0v) is 13.9. The van der Waals surface area contributed by atoms with Crippen LogP contribution in [0.2, 0.25) is 0 Å². The van der Waals surface area contributed by atoms with Crippen molar-refractivity contribution in [1.82, 2.24) is 4.98 Å². The van der Waals surface area contributed by atoms with Gasteiger partial charge in [-0.15, -0.1) is 0 Å². The number of aromatic nitrogens is 1. The number of ether oxygens (including phenoxy) is 1. The number of unbranched alkanes of at least 4 members (excludes halogenated alkanes) is 2. The van der Waals surface area contributed by atoms with Gasteiger partial charge in [-0.25, -0.2) is 0 Å². The number of aromatic amines is 1. The number of nitrogens with one attached hydrogen (secondary N) is 1. The van der Waals surface area contributed by atoms with E-state index in [1.165, 1.54) is 12.1 Å². The third-order valence-corrected chi connectivity index (χ3v) is 4.13. The van der Waals surface area contributed by atoms with Crippen molar-refractivity contribution in [2.45, 2.75) is 31.9 Å². The van der Waals surface area contributed by atoms with Gasteiger partial charge < -0.3 is 14.8 Å². The fourth-order valence-electron chi connectivity index (χ4n) is 2.83. The summed E-state index contributed by atoms with van der Waals surface area (Å²) in [6, 6.07) is 9.49. The Labute approximate surface area is 147 Å². The van der Waals surface area contributed by atoms with Gasteiger partial charge in [0.05, 0.1) is 17.6 Å². The smallest absolute Gasteiger partial charge is 0.389 e. The van der Waals surface area contributed by atoms with E-state index in [1.54, 1.807) is 24.3 Å². The van der Waals surface area contributed by atoms with Crippen LogP contribution in [0.3, 0.4) is 0 Å². The predicted octanol–water partition coefficient (Wildman–Crippen LogP) is 4.89. The Hall–Kier alpha value is -2.70. The average molecular weight is 365 g/mol. The maximum Gasteiger partial charge on any atom is 0.389 e. The molecule has 0 spiro atoms. The lowest BCUT2D eigenvalue weighted by Gasteiger charge is -2.09.